The minimum Gasteiger partial charge on any atom is -0.456 e. The summed E-state index contributed by atoms with van der Waals surface area (Å²) in [5.74, 6) is 0.603. The topological polar surface area (TPSA) is 42.4 Å². The number of rotatable bonds is 6. The second-order valence-corrected chi connectivity index (χ2v) is 11.6. The second-order valence-electron chi connectivity index (χ2n) is 11.6. The maximum Gasteiger partial charge on any atom is 0.227 e. The smallest absolute Gasteiger partial charge is 0.227 e. The van der Waals surface area contributed by atoms with E-state index in [0.29, 0.717) is 11.5 Å². The van der Waals surface area contributed by atoms with Crippen LogP contribution in [0.2, 0.25) is 0 Å². The number of hydrogen-bond acceptors (Lipinski definition) is 4. The SMILES string of the molecule is c1ccc(-c2ccc(N(c3ccc4c(c3)oc3cc5oc(-c6ccccc6)nc5cc34)c3ccccc3-c3ccccc3)cc2)cc1. The molecule has 0 saturated heterocycles. The number of hydrogen-bond donors (Lipinski definition) is 0. The van der Waals surface area contributed by atoms with Gasteiger partial charge in [0.15, 0.2) is 5.58 Å². The summed E-state index contributed by atoms with van der Waals surface area (Å²) in [5.41, 5.74) is 11.8. The Labute approximate surface area is 271 Å². The Bertz CT molecular complexity index is 2500. The predicted molar refractivity (Wildman–Crippen MR) is 192 cm³/mol. The van der Waals surface area contributed by atoms with Crippen molar-refractivity contribution in [3.8, 4) is 33.7 Å². The molecule has 0 fully saturated rings. The number of furan rings is 1. The minimum absolute atomic E-state index is 0.603. The monoisotopic (exact) mass is 604 g/mol. The fourth-order valence-corrected chi connectivity index (χ4v) is 6.42. The molecule has 4 nitrogen and oxygen atoms in total. The number of para-hydroxylation sites is 1. The molecular formula is C43H28N2O2. The van der Waals surface area contributed by atoms with Crippen LogP contribution in [0.5, 0.6) is 0 Å². The molecule has 4 heteroatoms. The maximum atomic E-state index is 6.52. The molecule has 222 valence electrons. The van der Waals surface area contributed by atoms with Crippen LogP contribution >= 0.6 is 0 Å². The lowest BCUT2D eigenvalue weighted by molar-refractivity contribution is 0.617. The largest absolute Gasteiger partial charge is 0.456 e. The summed E-state index contributed by atoms with van der Waals surface area (Å²) in [7, 11) is 0. The van der Waals surface area contributed by atoms with Crippen molar-refractivity contribution in [2.75, 3.05) is 4.90 Å². The Morgan fingerprint density at radius 3 is 1.74 bits per heavy atom. The van der Waals surface area contributed by atoms with E-state index in [1.807, 2.05) is 42.5 Å². The van der Waals surface area contributed by atoms with E-state index >= 15 is 0 Å². The van der Waals surface area contributed by atoms with Crippen LogP contribution < -0.4 is 4.90 Å². The number of benzene rings is 7. The molecule has 0 aliphatic carbocycles. The normalized spacial score (nSPS) is 11.4. The fraction of sp³-hybridized carbons (Fsp3) is 0. The molecule has 47 heavy (non-hydrogen) atoms. The standard InChI is InChI=1S/C43H28N2O2/c1-4-12-29(13-5-1)30-20-22-33(23-21-30)45(39-19-11-10-18-35(39)31-14-6-2-7-15-31)34-24-25-36-37-27-38-42(28-41(37)46-40(36)26-34)47-43(44-38)32-16-8-3-9-17-32/h1-28H. The molecule has 0 radical (unpaired) electrons. The lowest BCUT2D eigenvalue weighted by Crippen LogP contribution is -2.11. The zero-order valence-electron chi connectivity index (χ0n) is 25.4. The van der Waals surface area contributed by atoms with Gasteiger partial charge in [-0.25, -0.2) is 4.98 Å². The number of anilines is 3. The maximum absolute atomic E-state index is 6.52. The minimum atomic E-state index is 0.603. The lowest BCUT2D eigenvalue weighted by Gasteiger charge is -2.28. The van der Waals surface area contributed by atoms with E-state index in [-0.39, 0.29) is 0 Å². The summed E-state index contributed by atoms with van der Waals surface area (Å²) >= 11 is 0. The van der Waals surface area contributed by atoms with Gasteiger partial charge < -0.3 is 13.7 Å². The fourth-order valence-electron chi connectivity index (χ4n) is 6.42. The van der Waals surface area contributed by atoms with Crippen molar-refractivity contribution in [3.05, 3.63) is 170 Å². The van der Waals surface area contributed by atoms with Crippen molar-refractivity contribution < 1.29 is 8.83 Å². The van der Waals surface area contributed by atoms with Crippen LogP contribution in [0.4, 0.5) is 17.1 Å². The van der Waals surface area contributed by atoms with Crippen molar-refractivity contribution in [1.29, 1.82) is 0 Å². The van der Waals surface area contributed by atoms with Crippen LogP contribution in [0, 0.1) is 0 Å². The van der Waals surface area contributed by atoms with Crippen LogP contribution in [0.25, 0.3) is 66.7 Å². The van der Waals surface area contributed by atoms with Crippen molar-refractivity contribution in [2.45, 2.75) is 0 Å². The van der Waals surface area contributed by atoms with Crippen molar-refractivity contribution >= 4 is 50.1 Å². The van der Waals surface area contributed by atoms with Crippen molar-refractivity contribution in [2.24, 2.45) is 0 Å². The molecule has 2 heterocycles. The van der Waals surface area contributed by atoms with Gasteiger partial charge >= 0.3 is 0 Å². The van der Waals surface area contributed by atoms with E-state index in [1.54, 1.807) is 0 Å². The van der Waals surface area contributed by atoms with Gasteiger partial charge in [-0.15, -0.1) is 0 Å². The lowest BCUT2D eigenvalue weighted by atomic mass is 10.0. The molecule has 9 aromatic rings. The van der Waals surface area contributed by atoms with E-state index in [9.17, 15) is 0 Å². The van der Waals surface area contributed by atoms with Gasteiger partial charge in [0.25, 0.3) is 0 Å². The zero-order valence-corrected chi connectivity index (χ0v) is 25.4. The molecule has 0 aliphatic rings. The molecule has 7 aromatic carbocycles. The van der Waals surface area contributed by atoms with Gasteiger partial charge in [0.2, 0.25) is 5.89 Å². The third kappa shape index (κ3) is 4.84. The molecule has 0 bridgehead atoms. The molecule has 0 N–H and O–H groups in total. The van der Waals surface area contributed by atoms with Gasteiger partial charge in [-0.2, -0.15) is 0 Å². The van der Waals surface area contributed by atoms with Crippen molar-refractivity contribution in [1.82, 2.24) is 4.98 Å². The van der Waals surface area contributed by atoms with Crippen LogP contribution in [-0.2, 0) is 0 Å². The summed E-state index contributed by atoms with van der Waals surface area (Å²) in [6.45, 7) is 0. The van der Waals surface area contributed by atoms with E-state index in [4.69, 9.17) is 13.8 Å². The second kappa shape index (κ2) is 11.2. The number of aromatic nitrogens is 1. The average Bonchev–Trinajstić information content (AvgIpc) is 3.72. The van der Waals surface area contributed by atoms with Crippen molar-refractivity contribution in [3.63, 3.8) is 0 Å². The molecule has 0 saturated carbocycles. The quantitative estimate of drug-likeness (QED) is 0.189. The highest BCUT2D eigenvalue weighted by Gasteiger charge is 2.20. The van der Waals surface area contributed by atoms with Gasteiger partial charge in [0.05, 0.1) is 5.69 Å². The van der Waals surface area contributed by atoms with E-state index in [0.717, 1.165) is 61.2 Å². The van der Waals surface area contributed by atoms with E-state index in [2.05, 4.69) is 132 Å². The van der Waals surface area contributed by atoms with E-state index < -0.39 is 0 Å². The average molecular weight is 605 g/mol. The summed E-state index contributed by atoms with van der Waals surface area (Å²) in [6.07, 6.45) is 0. The Morgan fingerprint density at radius 2 is 1.00 bits per heavy atom. The Morgan fingerprint density at radius 1 is 0.404 bits per heavy atom. The van der Waals surface area contributed by atoms with Gasteiger partial charge in [0, 0.05) is 45.4 Å². The zero-order chi connectivity index (χ0) is 31.2. The highest BCUT2D eigenvalue weighted by Crippen LogP contribution is 2.43. The molecule has 0 atom stereocenters. The first-order chi connectivity index (χ1) is 23.3. The van der Waals surface area contributed by atoms with E-state index in [1.165, 1.54) is 11.1 Å². The highest BCUT2D eigenvalue weighted by molar-refractivity contribution is 6.10. The molecule has 2 aromatic heterocycles. The summed E-state index contributed by atoms with van der Waals surface area (Å²) < 4.78 is 12.7. The molecule has 0 unspecified atom stereocenters. The van der Waals surface area contributed by atoms with Gasteiger partial charge in [-0.1, -0.05) is 109 Å². The number of nitrogens with zero attached hydrogens (tertiary/aromatic N) is 2. The highest BCUT2D eigenvalue weighted by atomic mass is 16.4. The Kier molecular flexibility index (Phi) is 6.43. The predicted octanol–water partition coefficient (Wildman–Crippen LogP) is 12.2. The third-order valence-corrected chi connectivity index (χ3v) is 8.71. The van der Waals surface area contributed by atoms with Crippen LogP contribution in [0.3, 0.4) is 0 Å². The molecule has 0 aliphatic heterocycles. The van der Waals surface area contributed by atoms with Crippen LogP contribution in [0.1, 0.15) is 0 Å². The summed E-state index contributed by atoms with van der Waals surface area (Å²) in [5, 5.41) is 2.04. The Hall–Kier alpha value is -6.39. The van der Waals surface area contributed by atoms with Gasteiger partial charge in [-0.3, -0.25) is 0 Å². The number of oxazole rings is 1. The summed E-state index contributed by atoms with van der Waals surface area (Å²) in [4.78, 5) is 7.10. The first-order valence-corrected chi connectivity index (χ1v) is 15.7. The summed E-state index contributed by atoms with van der Waals surface area (Å²) in [6, 6.07) is 58.8. The Balaban J connectivity index is 1.18. The van der Waals surface area contributed by atoms with Crippen LogP contribution in [0.15, 0.2) is 179 Å². The third-order valence-electron chi connectivity index (χ3n) is 8.71. The van der Waals surface area contributed by atoms with Crippen LogP contribution in [-0.4, -0.2) is 4.98 Å². The number of fused-ring (bicyclic) bond motifs is 4. The first-order valence-electron chi connectivity index (χ1n) is 15.7. The molecule has 0 amide bonds. The van der Waals surface area contributed by atoms with Gasteiger partial charge in [0.1, 0.15) is 16.7 Å². The molecular weight excluding hydrogens is 576 g/mol. The first kappa shape index (κ1) is 27.0. The molecule has 0 spiro atoms. The van der Waals surface area contributed by atoms with Gasteiger partial charge in [-0.05, 0) is 65.2 Å². The molecule has 9 rings (SSSR count).